The van der Waals surface area contributed by atoms with Gasteiger partial charge in [-0.2, -0.15) is 0 Å². The quantitative estimate of drug-likeness (QED) is 0.728. The number of hydrogen-bond acceptors (Lipinski definition) is 4. The van der Waals surface area contributed by atoms with E-state index in [4.69, 9.17) is 4.74 Å². The molecule has 2 unspecified atom stereocenters. The van der Waals surface area contributed by atoms with Crippen LogP contribution in [0.4, 0.5) is 0 Å². The standard InChI is InChI=1S/C16H25N3OS/c1-5-11(3)17-10-12(4)21-16-18-14-8-7-13(20-6-2)9-15(14)19-16/h7-9,11-12,17H,5-6,10H2,1-4H3,(H,18,19). The van der Waals surface area contributed by atoms with Crippen molar-refractivity contribution in [3.63, 3.8) is 0 Å². The molecule has 2 aromatic rings. The molecule has 0 aliphatic carbocycles. The van der Waals surface area contributed by atoms with E-state index >= 15 is 0 Å². The molecule has 0 bridgehead atoms. The van der Waals surface area contributed by atoms with E-state index in [1.54, 1.807) is 11.8 Å². The summed E-state index contributed by atoms with van der Waals surface area (Å²) in [5.41, 5.74) is 2.02. The number of aromatic nitrogens is 2. The van der Waals surface area contributed by atoms with Crippen LogP contribution in [0.1, 0.15) is 34.1 Å². The summed E-state index contributed by atoms with van der Waals surface area (Å²) < 4.78 is 5.52. The van der Waals surface area contributed by atoms with Gasteiger partial charge < -0.3 is 15.0 Å². The zero-order chi connectivity index (χ0) is 15.2. The van der Waals surface area contributed by atoms with Gasteiger partial charge in [-0.15, -0.1) is 0 Å². The van der Waals surface area contributed by atoms with Crippen molar-refractivity contribution in [1.29, 1.82) is 0 Å². The number of hydrogen-bond donors (Lipinski definition) is 2. The predicted molar refractivity (Wildman–Crippen MR) is 90.3 cm³/mol. The van der Waals surface area contributed by atoms with E-state index in [0.29, 0.717) is 17.9 Å². The summed E-state index contributed by atoms with van der Waals surface area (Å²) in [4.78, 5) is 8.00. The van der Waals surface area contributed by atoms with Crippen LogP contribution in [-0.4, -0.2) is 34.4 Å². The summed E-state index contributed by atoms with van der Waals surface area (Å²) in [6.07, 6.45) is 1.15. The molecule has 2 atom stereocenters. The number of rotatable bonds is 8. The second-order valence-electron chi connectivity index (χ2n) is 5.30. The smallest absolute Gasteiger partial charge is 0.166 e. The highest BCUT2D eigenvalue weighted by atomic mass is 32.2. The van der Waals surface area contributed by atoms with Crippen molar-refractivity contribution in [2.45, 2.75) is 50.6 Å². The zero-order valence-corrected chi connectivity index (χ0v) is 14.1. The van der Waals surface area contributed by atoms with Crippen LogP contribution < -0.4 is 10.1 Å². The molecule has 4 nitrogen and oxygen atoms in total. The molecular formula is C16H25N3OS. The Morgan fingerprint density at radius 3 is 2.86 bits per heavy atom. The van der Waals surface area contributed by atoms with Gasteiger partial charge in [0.05, 0.1) is 17.6 Å². The fourth-order valence-electron chi connectivity index (χ4n) is 2.02. The highest BCUT2D eigenvalue weighted by molar-refractivity contribution is 7.99. The topological polar surface area (TPSA) is 49.9 Å². The van der Waals surface area contributed by atoms with Crippen LogP contribution in [0.15, 0.2) is 23.4 Å². The maximum Gasteiger partial charge on any atom is 0.166 e. The molecule has 0 aliphatic heterocycles. The Hall–Kier alpha value is -1.20. The number of imidazole rings is 1. The molecule has 0 aliphatic rings. The number of nitrogens with zero attached hydrogens (tertiary/aromatic N) is 1. The second-order valence-corrected chi connectivity index (χ2v) is 6.73. The van der Waals surface area contributed by atoms with Gasteiger partial charge in [-0.1, -0.05) is 25.6 Å². The molecule has 0 saturated carbocycles. The third kappa shape index (κ3) is 4.64. The van der Waals surface area contributed by atoms with Gasteiger partial charge in [0.25, 0.3) is 0 Å². The van der Waals surface area contributed by atoms with E-state index in [-0.39, 0.29) is 0 Å². The predicted octanol–water partition coefficient (Wildman–Crippen LogP) is 3.83. The van der Waals surface area contributed by atoms with E-state index in [2.05, 4.69) is 36.1 Å². The maximum atomic E-state index is 5.52. The summed E-state index contributed by atoms with van der Waals surface area (Å²) in [6, 6.07) is 6.55. The van der Waals surface area contributed by atoms with Crippen molar-refractivity contribution < 1.29 is 4.74 Å². The summed E-state index contributed by atoms with van der Waals surface area (Å²) in [5, 5.41) is 4.98. The van der Waals surface area contributed by atoms with Crippen LogP contribution >= 0.6 is 11.8 Å². The molecular weight excluding hydrogens is 282 g/mol. The molecule has 0 saturated heterocycles. The molecule has 0 spiro atoms. The molecule has 0 amide bonds. The van der Waals surface area contributed by atoms with Crippen LogP contribution in [0, 0.1) is 0 Å². The fraction of sp³-hybridized carbons (Fsp3) is 0.562. The molecule has 1 aromatic carbocycles. The SMILES string of the molecule is CCOc1ccc2nc(SC(C)CNC(C)CC)[nH]c2c1. The molecule has 2 N–H and O–H groups in total. The van der Waals surface area contributed by atoms with Crippen molar-refractivity contribution in [2.75, 3.05) is 13.2 Å². The molecule has 21 heavy (non-hydrogen) atoms. The Morgan fingerprint density at radius 1 is 1.33 bits per heavy atom. The molecule has 1 heterocycles. The van der Waals surface area contributed by atoms with Crippen molar-refractivity contribution in [3.05, 3.63) is 18.2 Å². The van der Waals surface area contributed by atoms with E-state index in [1.807, 2.05) is 25.1 Å². The van der Waals surface area contributed by atoms with Crippen LogP contribution in [0.3, 0.4) is 0 Å². The minimum Gasteiger partial charge on any atom is -0.494 e. The molecule has 116 valence electrons. The van der Waals surface area contributed by atoms with Gasteiger partial charge >= 0.3 is 0 Å². The number of H-pyrrole nitrogens is 1. The van der Waals surface area contributed by atoms with Crippen LogP contribution in [0.25, 0.3) is 11.0 Å². The molecule has 0 radical (unpaired) electrons. The summed E-state index contributed by atoms with van der Waals surface area (Å²) in [5.74, 6) is 0.886. The Morgan fingerprint density at radius 2 is 2.14 bits per heavy atom. The zero-order valence-electron chi connectivity index (χ0n) is 13.3. The molecule has 5 heteroatoms. The molecule has 1 aromatic heterocycles. The Bertz CT molecular complexity index is 570. The maximum absolute atomic E-state index is 5.52. The largest absolute Gasteiger partial charge is 0.494 e. The minimum absolute atomic E-state index is 0.478. The van der Waals surface area contributed by atoms with Crippen molar-refractivity contribution in [2.24, 2.45) is 0 Å². The lowest BCUT2D eigenvalue weighted by Crippen LogP contribution is -2.30. The Balaban J connectivity index is 1.98. The van der Waals surface area contributed by atoms with Gasteiger partial charge in [0.1, 0.15) is 5.75 Å². The van der Waals surface area contributed by atoms with Crippen molar-refractivity contribution >= 4 is 22.8 Å². The first-order valence-corrected chi connectivity index (χ1v) is 8.53. The van der Waals surface area contributed by atoms with Crippen LogP contribution in [-0.2, 0) is 0 Å². The third-order valence-electron chi connectivity index (χ3n) is 3.42. The number of ether oxygens (including phenoxy) is 1. The summed E-state index contributed by atoms with van der Waals surface area (Å²) in [6.45, 7) is 10.3. The second kappa shape index (κ2) is 7.71. The number of aromatic amines is 1. The minimum atomic E-state index is 0.478. The highest BCUT2D eigenvalue weighted by Crippen LogP contribution is 2.25. The first-order valence-electron chi connectivity index (χ1n) is 7.65. The monoisotopic (exact) mass is 307 g/mol. The van der Waals surface area contributed by atoms with Gasteiger partial charge in [-0.05, 0) is 32.4 Å². The summed E-state index contributed by atoms with van der Waals surface area (Å²) >= 11 is 1.77. The van der Waals surface area contributed by atoms with Gasteiger partial charge in [0.15, 0.2) is 5.16 Å². The van der Waals surface area contributed by atoms with Gasteiger partial charge in [-0.25, -0.2) is 4.98 Å². The summed E-state index contributed by atoms with van der Waals surface area (Å²) in [7, 11) is 0. The average Bonchev–Trinajstić information content (AvgIpc) is 2.86. The lowest BCUT2D eigenvalue weighted by atomic mass is 10.2. The number of benzene rings is 1. The van der Waals surface area contributed by atoms with Crippen molar-refractivity contribution in [1.82, 2.24) is 15.3 Å². The molecule has 0 fully saturated rings. The van der Waals surface area contributed by atoms with E-state index < -0.39 is 0 Å². The first-order chi connectivity index (χ1) is 10.1. The van der Waals surface area contributed by atoms with Crippen LogP contribution in [0.5, 0.6) is 5.75 Å². The van der Waals surface area contributed by atoms with Gasteiger partial charge in [0.2, 0.25) is 0 Å². The van der Waals surface area contributed by atoms with E-state index in [9.17, 15) is 0 Å². The number of fused-ring (bicyclic) bond motifs is 1. The van der Waals surface area contributed by atoms with Crippen LogP contribution in [0.2, 0.25) is 0 Å². The Kier molecular flexibility index (Phi) is 5.94. The number of nitrogens with one attached hydrogen (secondary N) is 2. The third-order valence-corrected chi connectivity index (χ3v) is 4.41. The lowest BCUT2D eigenvalue weighted by molar-refractivity contribution is 0.340. The highest BCUT2D eigenvalue weighted by Gasteiger charge is 2.10. The van der Waals surface area contributed by atoms with E-state index in [1.165, 1.54) is 0 Å². The first kappa shape index (κ1) is 16.2. The van der Waals surface area contributed by atoms with Crippen molar-refractivity contribution in [3.8, 4) is 5.75 Å². The molecule has 2 rings (SSSR count). The van der Waals surface area contributed by atoms with Gasteiger partial charge in [-0.3, -0.25) is 0 Å². The van der Waals surface area contributed by atoms with E-state index in [0.717, 1.165) is 34.9 Å². The average molecular weight is 307 g/mol. The lowest BCUT2D eigenvalue weighted by Gasteiger charge is -2.15. The normalized spacial score (nSPS) is 14.3. The number of thioether (sulfide) groups is 1. The Labute approximate surface area is 131 Å². The van der Waals surface area contributed by atoms with Gasteiger partial charge in [0, 0.05) is 23.9 Å². The fourth-order valence-corrected chi connectivity index (χ4v) is 2.90.